The highest BCUT2D eigenvalue weighted by atomic mass is 16.6. The molecule has 6 heteroatoms. The predicted octanol–water partition coefficient (Wildman–Crippen LogP) is 0.194. The minimum Gasteiger partial charge on any atom is -0.463 e. The van der Waals surface area contributed by atoms with Crippen LogP contribution in [0.2, 0.25) is 0 Å². The number of hydrogen-bond donors (Lipinski definition) is 1. The van der Waals surface area contributed by atoms with Crippen LogP contribution in [0.4, 0.5) is 0 Å². The molecule has 6 nitrogen and oxygen atoms in total. The molecule has 0 aliphatic heterocycles. The lowest BCUT2D eigenvalue weighted by molar-refractivity contribution is -0.149. The highest BCUT2D eigenvalue weighted by molar-refractivity contribution is 5.71. The number of carbonyl (C=O) groups is 1. The Morgan fingerprint density at radius 1 is 1.06 bits per heavy atom. The summed E-state index contributed by atoms with van der Waals surface area (Å²) in [5.41, 5.74) is 5.36. The Labute approximate surface area is 109 Å². The van der Waals surface area contributed by atoms with E-state index >= 15 is 0 Å². The summed E-state index contributed by atoms with van der Waals surface area (Å²) < 4.78 is 20.3. The predicted molar refractivity (Wildman–Crippen MR) is 67.3 cm³/mol. The first-order valence-corrected chi connectivity index (χ1v) is 6.23. The van der Waals surface area contributed by atoms with Gasteiger partial charge in [-0.15, -0.1) is 0 Å². The molecule has 0 fully saturated rings. The maximum atomic E-state index is 11.4. The molecule has 0 aromatic rings. The number of carbonyl (C=O) groups excluding carboxylic acids is 1. The molecule has 0 spiro atoms. The first-order valence-electron chi connectivity index (χ1n) is 6.23. The van der Waals surface area contributed by atoms with E-state index in [1.807, 2.05) is 0 Å². The fourth-order valence-corrected chi connectivity index (χ4v) is 1.18. The van der Waals surface area contributed by atoms with Gasteiger partial charge in [0.15, 0.2) is 0 Å². The van der Waals surface area contributed by atoms with Crippen molar-refractivity contribution in [1.29, 1.82) is 0 Å². The summed E-state index contributed by atoms with van der Waals surface area (Å²) in [5, 5.41) is 0. The first kappa shape index (κ1) is 17.3. The fraction of sp³-hybridized carbons (Fsp3) is 0.917. The van der Waals surface area contributed by atoms with E-state index in [1.165, 1.54) is 0 Å². The van der Waals surface area contributed by atoms with Gasteiger partial charge in [-0.3, -0.25) is 4.79 Å². The molecule has 0 radical (unpaired) electrons. The Kier molecular flexibility index (Phi) is 12.3. The minimum atomic E-state index is -0.222. The third-order valence-corrected chi connectivity index (χ3v) is 2.28. The molecular formula is C12H25NO5. The van der Waals surface area contributed by atoms with Crippen LogP contribution in [0.5, 0.6) is 0 Å². The van der Waals surface area contributed by atoms with Gasteiger partial charge in [0.25, 0.3) is 0 Å². The molecule has 1 atom stereocenters. The van der Waals surface area contributed by atoms with Crippen molar-refractivity contribution in [3.05, 3.63) is 0 Å². The molecule has 2 N–H and O–H groups in total. The quantitative estimate of drug-likeness (QED) is 0.400. The maximum absolute atomic E-state index is 11.4. The number of methoxy groups -OCH3 is 1. The van der Waals surface area contributed by atoms with Crippen molar-refractivity contribution in [3.63, 3.8) is 0 Å². The summed E-state index contributed by atoms with van der Waals surface area (Å²) in [6, 6.07) is 0. The van der Waals surface area contributed by atoms with Crippen LogP contribution < -0.4 is 5.73 Å². The summed E-state index contributed by atoms with van der Waals surface area (Å²) in [7, 11) is 1.62. The summed E-state index contributed by atoms with van der Waals surface area (Å²) in [6.45, 7) is 5.09. The van der Waals surface area contributed by atoms with Gasteiger partial charge in [0.1, 0.15) is 6.61 Å². The van der Waals surface area contributed by atoms with Crippen LogP contribution in [0.1, 0.15) is 13.3 Å². The lowest BCUT2D eigenvalue weighted by Crippen LogP contribution is -2.20. The number of esters is 1. The zero-order valence-electron chi connectivity index (χ0n) is 11.4. The minimum absolute atomic E-state index is 0.146. The van der Waals surface area contributed by atoms with E-state index in [4.69, 9.17) is 24.7 Å². The molecule has 0 bridgehead atoms. The Bertz CT molecular complexity index is 201. The maximum Gasteiger partial charge on any atom is 0.308 e. The summed E-state index contributed by atoms with van der Waals surface area (Å²) in [5.74, 6) is -0.368. The van der Waals surface area contributed by atoms with Gasteiger partial charge in [0, 0.05) is 7.11 Å². The van der Waals surface area contributed by atoms with Crippen molar-refractivity contribution in [2.45, 2.75) is 13.3 Å². The molecule has 0 aromatic heterocycles. The summed E-state index contributed by atoms with van der Waals surface area (Å²) >= 11 is 0. The Balaban J connectivity index is 3.22. The zero-order valence-corrected chi connectivity index (χ0v) is 11.4. The highest BCUT2D eigenvalue weighted by Crippen LogP contribution is 2.02. The fourth-order valence-electron chi connectivity index (χ4n) is 1.18. The third kappa shape index (κ3) is 10.5. The van der Waals surface area contributed by atoms with E-state index in [1.54, 1.807) is 14.0 Å². The van der Waals surface area contributed by atoms with Crippen LogP contribution in [0.15, 0.2) is 0 Å². The average Bonchev–Trinajstić information content (AvgIpc) is 2.36. The van der Waals surface area contributed by atoms with E-state index < -0.39 is 0 Å². The molecule has 0 aliphatic carbocycles. The second kappa shape index (κ2) is 12.8. The smallest absolute Gasteiger partial charge is 0.308 e. The Hall–Kier alpha value is -0.690. The Morgan fingerprint density at radius 2 is 1.61 bits per heavy atom. The normalized spacial score (nSPS) is 12.4. The van der Waals surface area contributed by atoms with Gasteiger partial charge < -0.3 is 24.7 Å². The SMILES string of the molecule is COCCOCCOCCOC(=O)C(C)CCN. The highest BCUT2D eigenvalue weighted by Gasteiger charge is 2.12. The molecule has 0 saturated carbocycles. The standard InChI is InChI=1S/C12H25NO5/c1-11(3-4-13)12(14)18-10-9-17-8-7-16-6-5-15-2/h11H,3-10,13H2,1-2H3. The first-order chi connectivity index (χ1) is 8.72. The lowest BCUT2D eigenvalue weighted by Gasteiger charge is -2.10. The van der Waals surface area contributed by atoms with Gasteiger partial charge in [-0.05, 0) is 13.0 Å². The summed E-state index contributed by atoms with van der Waals surface area (Å²) in [4.78, 5) is 11.4. The van der Waals surface area contributed by atoms with Gasteiger partial charge >= 0.3 is 5.97 Å². The summed E-state index contributed by atoms with van der Waals surface area (Å²) in [6.07, 6.45) is 0.646. The second-order valence-corrected chi connectivity index (χ2v) is 3.86. The van der Waals surface area contributed by atoms with Crippen molar-refractivity contribution in [2.75, 3.05) is 53.3 Å². The van der Waals surface area contributed by atoms with Gasteiger partial charge in [0.05, 0.1) is 39.0 Å². The molecule has 0 amide bonds. The van der Waals surface area contributed by atoms with E-state index in [0.717, 1.165) is 0 Å². The molecule has 0 heterocycles. The van der Waals surface area contributed by atoms with Crippen LogP contribution in [0.3, 0.4) is 0 Å². The number of nitrogens with two attached hydrogens (primary N) is 1. The number of rotatable bonds is 12. The van der Waals surface area contributed by atoms with E-state index in [2.05, 4.69) is 0 Å². The molecule has 1 unspecified atom stereocenters. The van der Waals surface area contributed by atoms with Crippen molar-refractivity contribution < 1.29 is 23.7 Å². The monoisotopic (exact) mass is 263 g/mol. The number of hydrogen-bond acceptors (Lipinski definition) is 6. The average molecular weight is 263 g/mol. The molecule has 0 rings (SSSR count). The van der Waals surface area contributed by atoms with Crippen molar-refractivity contribution in [2.24, 2.45) is 11.7 Å². The van der Waals surface area contributed by atoms with Gasteiger partial charge in [-0.1, -0.05) is 6.92 Å². The molecule has 108 valence electrons. The molecule has 0 aromatic carbocycles. The third-order valence-electron chi connectivity index (χ3n) is 2.28. The van der Waals surface area contributed by atoms with E-state index in [9.17, 15) is 4.79 Å². The van der Waals surface area contributed by atoms with Crippen LogP contribution in [0, 0.1) is 5.92 Å². The topological polar surface area (TPSA) is 80.0 Å². The number of ether oxygens (including phenoxy) is 4. The molecule has 0 saturated heterocycles. The van der Waals surface area contributed by atoms with Crippen molar-refractivity contribution in [1.82, 2.24) is 0 Å². The molecular weight excluding hydrogens is 238 g/mol. The van der Waals surface area contributed by atoms with Gasteiger partial charge in [-0.2, -0.15) is 0 Å². The van der Waals surface area contributed by atoms with Crippen LogP contribution in [0.25, 0.3) is 0 Å². The second-order valence-electron chi connectivity index (χ2n) is 3.86. The van der Waals surface area contributed by atoms with Gasteiger partial charge in [0.2, 0.25) is 0 Å². The van der Waals surface area contributed by atoms with Crippen LogP contribution in [-0.2, 0) is 23.7 Å². The molecule has 18 heavy (non-hydrogen) atoms. The van der Waals surface area contributed by atoms with Crippen molar-refractivity contribution in [3.8, 4) is 0 Å². The van der Waals surface area contributed by atoms with E-state index in [-0.39, 0.29) is 18.5 Å². The molecule has 0 aliphatic rings. The lowest BCUT2D eigenvalue weighted by atomic mass is 10.1. The zero-order chi connectivity index (χ0) is 13.6. The van der Waals surface area contributed by atoms with Gasteiger partial charge in [-0.25, -0.2) is 0 Å². The van der Waals surface area contributed by atoms with Crippen molar-refractivity contribution >= 4 is 5.97 Å². The largest absolute Gasteiger partial charge is 0.463 e. The van der Waals surface area contributed by atoms with Crippen LogP contribution in [-0.4, -0.2) is 59.3 Å². The van der Waals surface area contributed by atoms with Crippen LogP contribution >= 0.6 is 0 Å². The Morgan fingerprint density at radius 3 is 2.17 bits per heavy atom. The van der Waals surface area contributed by atoms with E-state index in [0.29, 0.717) is 46.0 Å².